The fourth-order valence-electron chi connectivity index (χ4n) is 4.19. The number of hydrogen-bond donors (Lipinski definition) is 0. The van der Waals surface area contributed by atoms with Gasteiger partial charge in [0.2, 0.25) is 0 Å². The summed E-state index contributed by atoms with van der Waals surface area (Å²) in [6.45, 7) is 9.44. The van der Waals surface area contributed by atoms with Gasteiger partial charge in [0, 0.05) is 0 Å². The van der Waals surface area contributed by atoms with E-state index in [0.717, 1.165) is 4.90 Å². The van der Waals surface area contributed by atoms with Gasteiger partial charge >= 0.3 is 298 Å². The van der Waals surface area contributed by atoms with Crippen molar-refractivity contribution >= 4 is 54.5 Å². The number of rotatable bonds is 7. The Labute approximate surface area is 297 Å². The van der Waals surface area contributed by atoms with E-state index in [1.807, 2.05) is 0 Å². The van der Waals surface area contributed by atoms with E-state index in [4.69, 9.17) is 16.7 Å². The number of ether oxygens (including phenoxy) is 3. The molecule has 0 radical (unpaired) electrons. The predicted octanol–water partition coefficient (Wildman–Crippen LogP) is 6.26. The molecular formula is C31H41F3IN5O9S. The first-order valence-corrected chi connectivity index (χ1v) is 19.3. The van der Waals surface area contributed by atoms with Gasteiger partial charge in [-0.2, -0.15) is 0 Å². The predicted molar refractivity (Wildman–Crippen MR) is 185 cm³/mol. The van der Waals surface area contributed by atoms with Crippen LogP contribution >= 0.6 is 20.2 Å². The minimum absolute atomic E-state index is 0.0656. The van der Waals surface area contributed by atoms with Crippen molar-refractivity contribution in [2.45, 2.75) is 64.8 Å². The van der Waals surface area contributed by atoms with Gasteiger partial charge in [0.15, 0.2) is 0 Å². The summed E-state index contributed by atoms with van der Waals surface area (Å²) in [4.78, 5) is 48.7. The number of aliphatic imine (C=N–C) groups is 1. The fourth-order valence-corrected chi connectivity index (χ4v) is 10.6. The molecule has 1 aliphatic heterocycles. The monoisotopic (exact) mass is 843 g/mol. The van der Waals surface area contributed by atoms with Gasteiger partial charge in [0.05, 0.1) is 0 Å². The zero-order valence-corrected chi connectivity index (χ0v) is 32.0. The van der Waals surface area contributed by atoms with Crippen molar-refractivity contribution in [3.8, 4) is 5.75 Å². The van der Waals surface area contributed by atoms with Gasteiger partial charge in [-0.05, 0) is 0 Å². The number of methoxy groups -OCH3 is 1. The molecular weight excluding hydrogens is 802 g/mol. The molecule has 1 fully saturated rings. The number of amides is 4. The van der Waals surface area contributed by atoms with Crippen LogP contribution in [0.1, 0.15) is 47.1 Å². The zero-order chi connectivity index (χ0) is 37.8. The molecule has 2 aromatic rings. The van der Waals surface area contributed by atoms with Crippen molar-refractivity contribution < 1.29 is 52.7 Å². The number of urea groups is 1. The number of benzene rings is 2. The molecule has 0 unspecified atom stereocenters. The van der Waals surface area contributed by atoms with Gasteiger partial charge < -0.3 is 0 Å². The molecule has 14 nitrogen and oxygen atoms in total. The summed E-state index contributed by atoms with van der Waals surface area (Å²) in [6, 6.07) is 11.3. The quantitative estimate of drug-likeness (QED) is 0.135. The Morgan fingerprint density at radius 2 is 1.34 bits per heavy atom. The molecule has 3 rings (SSSR count). The third-order valence-electron chi connectivity index (χ3n) is 6.27. The summed E-state index contributed by atoms with van der Waals surface area (Å²) >= 11 is -3.75. The maximum absolute atomic E-state index is 13.8. The van der Waals surface area contributed by atoms with Crippen molar-refractivity contribution in [2.24, 2.45) is 4.99 Å². The van der Waals surface area contributed by atoms with Gasteiger partial charge in [0.1, 0.15) is 0 Å². The van der Waals surface area contributed by atoms with Crippen LogP contribution in [0.5, 0.6) is 5.75 Å². The van der Waals surface area contributed by atoms with E-state index in [0.29, 0.717) is 11.3 Å². The van der Waals surface area contributed by atoms with Gasteiger partial charge in [-0.1, -0.05) is 0 Å². The van der Waals surface area contributed by atoms with Crippen molar-refractivity contribution in [2.75, 3.05) is 34.5 Å². The van der Waals surface area contributed by atoms with Gasteiger partial charge in [-0.3, -0.25) is 0 Å². The van der Waals surface area contributed by atoms with Crippen LogP contribution in [0.2, 0.25) is 0 Å². The third kappa shape index (κ3) is 11.1. The minimum atomic E-state index is -5.96. The summed E-state index contributed by atoms with van der Waals surface area (Å²) in [5.74, 6) is 0.204. The second kappa shape index (κ2) is 15.6. The first-order chi connectivity index (χ1) is 22.9. The molecule has 2 aromatic carbocycles. The Hall–Kier alpha value is -3.85. The maximum atomic E-state index is 13.8. The first-order valence-electron chi connectivity index (χ1n) is 14.9. The number of carbonyl (C=O) groups is 3. The van der Waals surface area contributed by atoms with Crippen LogP contribution < -0.4 is 4.74 Å². The molecule has 0 atom stereocenters. The summed E-state index contributed by atoms with van der Waals surface area (Å²) in [6.07, 6.45) is -1.92. The van der Waals surface area contributed by atoms with Crippen LogP contribution in [0.15, 0.2) is 53.5 Å². The molecule has 278 valence electrons. The zero-order valence-electron chi connectivity index (χ0n) is 29.1. The summed E-state index contributed by atoms with van der Waals surface area (Å²) in [5.41, 5.74) is -7.17. The molecule has 0 bridgehead atoms. The Morgan fingerprint density at radius 1 is 0.860 bits per heavy atom. The molecule has 0 N–H and O–H groups in total. The van der Waals surface area contributed by atoms with Gasteiger partial charge in [-0.25, -0.2) is 0 Å². The Kier molecular flexibility index (Phi) is 12.6. The van der Waals surface area contributed by atoms with E-state index in [1.165, 1.54) is 84.4 Å². The fraction of sp³-hybridized carbons (Fsp3) is 0.484. The van der Waals surface area contributed by atoms with E-state index in [-0.39, 0.29) is 39.0 Å². The SMILES string of the molecule is COc1ccc(I(OS(=O)(=O)C(F)(F)F)c2ccc(CN(C(=O)OC(C)(C)C)/C(=N/C(=O)OC(C)(C)C)N3CN(C)C(=O)N(C)C3)cc2)cc1. The molecule has 0 aliphatic carbocycles. The second-order valence-electron chi connectivity index (χ2n) is 13.0. The van der Waals surface area contributed by atoms with Crippen LogP contribution in [0.25, 0.3) is 0 Å². The van der Waals surface area contributed by atoms with Crippen LogP contribution in [0.3, 0.4) is 0 Å². The molecule has 0 saturated carbocycles. The van der Waals surface area contributed by atoms with Gasteiger partial charge in [0.25, 0.3) is 0 Å². The Morgan fingerprint density at radius 3 is 1.78 bits per heavy atom. The number of hydrogen-bond acceptors (Lipinski definition) is 9. The number of alkyl halides is 3. The van der Waals surface area contributed by atoms with E-state index >= 15 is 0 Å². The molecule has 1 saturated heterocycles. The number of halogens is 4. The summed E-state index contributed by atoms with van der Waals surface area (Å²) < 4.78 is 85.9. The van der Waals surface area contributed by atoms with Crippen LogP contribution in [0, 0.1) is 7.14 Å². The average molecular weight is 844 g/mol. The molecule has 19 heteroatoms. The van der Waals surface area contributed by atoms with Crippen LogP contribution in [-0.4, -0.2) is 103 Å². The molecule has 1 aliphatic rings. The topological polar surface area (TPSA) is 148 Å². The number of guanidine groups is 1. The number of carbonyl (C=O) groups excluding carboxylic acids is 3. The normalized spacial score (nSPS) is 15.1. The Bertz CT molecular complexity index is 1660. The van der Waals surface area contributed by atoms with E-state index in [2.05, 4.69) is 4.99 Å². The molecule has 0 aromatic heterocycles. The summed E-state index contributed by atoms with van der Waals surface area (Å²) in [7, 11) is -1.50. The molecule has 50 heavy (non-hydrogen) atoms. The second-order valence-corrected chi connectivity index (χ2v) is 19.4. The van der Waals surface area contributed by atoms with Gasteiger partial charge in [-0.15, -0.1) is 0 Å². The van der Waals surface area contributed by atoms with Crippen LogP contribution in [-0.2, 0) is 28.6 Å². The summed E-state index contributed by atoms with van der Waals surface area (Å²) in [5, 5.41) is 0. The van der Waals surface area contributed by atoms with Crippen molar-refractivity contribution in [1.82, 2.24) is 19.6 Å². The molecule has 1 heterocycles. The van der Waals surface area contributed by atoms with Crippen molar-refractivity contribution in [3.63, 3.8) is 0 Å². The average Bonchev–Trinajstić information content (AvgIpc) is 2.98. The Balaban J connectivity index is 2.10. The van der Waals surface area contributed by atoms with Crippen molar-refractivity contribution in [3.05, 3.63) is 61.2 Å². The van der Waals surface area contributed by atoms with E-state index in [9.17, 15) is 36.0 Å². The first kappa shape index (κ1) is 40.6. The third-order valence-corrected chi connectivity index (χ3v) is 13.3. The van der Waals surface area contributed by atoms with E-state index in [1.54, 1.807) is 41.5 Å². The number of nitrogens with zero attached hydrogens (tertiary/aromatic N) is 5. The van der Waals surface area contributed by atoms with E-state index < -0.39 is 59.2 Å². The van der Waals surface area contributed by atoms with Crippen molar-refractivity contribution in [1.29, 1.82) is 0 Å². The van der Waals surface area contributed by atoms with Crippen LogP contribution in [0.4, 0.5) is 27.6 Å². The standard InChI is InChI=1S/C31H41F3IN5O9S/c1-29(2,3)47-26(41)36-25(39-19-37(7)27(42)38(8)20-39)40(28(43)48-30(4,5)6)18-21-10-12-22(13-11-21)35(49-50(44,45)31(32,33)34)23-14-16-24(46-9)17-15-23/h10-17H,18-20H2,1-9H3/b36-25+. The molecule has 4 amide bonds. The molecule has 0 spiro atoms.